The first-order chi connectivity index (χ1) is 18.0. The fraction of sp³-hybridized carbons (Fsp3) is 0.583. The maximum atomic E-state index is 14.0. The molecule has 0 aromatic carbocycles. The minimum absolute atomic E-state index is 0.0112. The van der Waals surface area contributed by atoms with E-state index in [1.165, 1.54) is 0 Å². The highest BCUT2D eigenvalue weighted by Crippen LogP contribution is 2.39. The largest absolute Gasteiger partial charge is 0.405 e. The fourth-order valence-corrected chi connectivity index (χ4v) is 5.13. The van der Waals surface area contributed by atoms with Crippen LogP contribution in [0.5, 0.6) is 0 Å². The average Bonchev–Trinajstić information content (AvgIpc) is 3.64. The number of pyridine rings is 1. The molecule has 2 aliphatic rings. The van der Waals surface area contributed by atoms with E-state index in [2.05, 4.69) is 15.3 Å². The van der Waals surface area contributed by atoms with Gasteiger partial charge >= 0.3 is 6.18 Å². The van der Waals surface area contributed by atoms with Gasteiger partial charge < -0.3 is 20.3 Å². The van der Waals surface area contributed by atoms with Crippen LogP contribution in [0.1, 0.15) is 72.3 Å². The minimum atomic E-state index is -4.57. The number of amides is 2. The van der Waals surface area contributed by atoms with Gasteiger partial charge in [0.2, 0.25) is 0 Å². The van der Waals surface area contributed by atoms with Gasteiger partial charge in [-0.1, -0.05) is 13.8 Å². The molecule has 2 unspecified atom stereocenters. The van der Waals surface area contributed by atoms with Crippen LogP contribution in [-0.4, -0.2) is 71.2 Å². The van der Waals surface area contributed by atoms with Gasteiger partial charge in [0.15, 0.2) is 5.01 Å². The first kappa shape index (κ1) is 29.7. The van der Waals surface area contributed by atoms with Gasteiger partial charge in [0, 0.05) is 36.5 Å². The Morgan fingerprint density at radius 2 is 2.00 bits per heavy atom. The third-order valence-electron chi connectivity index (χ3n) is 5.99. The molecule has 2 aliphatic heterocycles. The topological polar surface area (TPSA) is 96.5 Å². The zero-order valence-corrected chi connectivity index (χ0v) is 22.0. The van der Waals surface area contributed by atoms with Gasteiger partial charge in [0.05, 0.1) is 17.5 Å². The van der Waals surface area contributed by atoms with Crippen molar-refractivity contribution in [1.29, 1.82) is 0 Å². The van der Waals surface area contributed by atoms with Gasteiger partial charge in [-0.05, 0) is 32.3 Å². The molecule has 0 radical (unpaired) electrons. The molecule has 2 saturated heterocycles. The number of halogens is 5. The van der Waals surface area contributed by atoms with Crippen molar-refractivity contribution in [1.82, 2.24) is 20.2 Å². The smallest absolute Gasteiger partial charge is 0.379 e. The number of nitrogens with one attached hydrogen (secondary N) is 2. The Morgan fingerprint density at radius 3 is 2.58 bits per heavy atom. The molecular formula is C24H30F5N5O3S. The number of aromatic nitrogens is 2. The van der Waals surface area contributed by atoms with Crippen molar-refractivity contribution in [2.24, 2.45) is 0 Å². The summed E-state index contributed by atoms with van der Waals surface area (Å²) in [5, 5.41) is 4.65. The van der Waals surface area contributed by atoms with Crippen molar-refractivity contribution in [2.75, 3.05) is 31.6 Å². The Balaban J connectivity index is 0.00000195. The third-order valence-corrected chi connectivity index (χ3v) is 7.08. The van der Waals surface area contributed by atoms with Crippen LogP contribution >= 0.6 is 11.3 Å². The number of rotatable bonds is 7. The number of thiazole rings is 1. The molecule has 4 rings (SSSR count). The van der Waals surface area contributed by atoms with Crippen molar-refractivity contribution < 1.29 is 36.3 Å². The maximum Gasteiger partial charge on any atom is 0.405 e. The molecule has 14 heteroatoms. The normalized spacial score (nSPS) is 19.3. The lowest BCUT2D eigenvalue weighted by molar-refractivity contribution is -0.115. The molecule has 0 bridgehead atoms. The Hall–Kier alpha value is -2.87. The highest BCUT2D eigenvalue weighted by Gasteiger charge is 2.34. The number of hydrogen-bond donors (Lipinski definition) is 2. The lowest BCUT2D eigenvalue weighted by Gasteiger charge is -2.21. The number of alkyl halides is 5. The van der Waals surface area contributed by atoms with Crippen LogP contribution in [0.4, 0.5) is 27.8 Å². The molecule has 2 aromatic heterocycles. The average molecular weight is 564 g/mol. The van der Waals surface area contributed by atoms with E-state index in [9.17, 15) is 31.5 Å². The standard InChI is InChI=1S/C22H24F5N5O3S.C2H6/c1-11-3-2-5-32(11)21(34)16-17(36-20(31-16)19(33)30-12-4-6-35-9-12)14-8-28-15(7-13(14)18(23)24)29-10-22(25,26)27;1-2/h7-8,11-12,18H,2-6,9-10H2,1H3,(H,28,29)(H,30,33);1-2H3. The minimum Gasteiger partial charge on any atom is -0.379 e. The Kier molecular flexibility index (Phi) is 9.99. The number of hydrogen-bond acceptors (Lipinski definition) is 7. The first-order valence-corrected chi connectivity index (χ1v) is 13.1. The quantitative estimate of drug-likeness (QED) is 0.445. The van der Waals surface area contributed by atoms with Crippen LogP contribution in [0.15, 0.2) is 12.3 Å². The van der Waals surface area contributed by atoms with Crippen molar-refractivity contribution >= 4 is 29.0 Å². The van der Waals surface area contributed by atoms with Gasteiger partial charge in [0.25, 0.3) is 18.2 Å². The lowest BCUT2D eigenvalue weighted by Crippen LogP contribution is -2.35. The molecule has 2 amide bonds. The van der Waals surface area contributed by atoms with E-state index < -0.39 is 42.3 Å². The van der Waals surface area contributed by atoms with Crippen molar-refractivity contribution in [2.45, 2.75) is 64.7 Å². The number of carbonyl (C=O) groups is 2. The van der Waals surface area contributed by atoms with E-state index >= 15 is 0 Å². The van der Waals surface area contributed by atoms with E-state index in [4.69, 9.17) is 4.74 Å². The predicted molar refractivity (Wildman–Crippen MR) is 133 cm³/mol. The van der Waals surface area contributed by atoms with Crippen LogP contribution in [-0.2, 0) is 4.74 Å². The van der Waals surface area contributed by atoms with Crippen LogP contribution in [0.3, 0.4) is 0 Å². The SMILES string of the molecule is CC.CC1CCCN1C(=O)c1nc(C(=O)NC2CCOC2)sc1-c1cnc(NCC(F)(F)F)cc1C(F)F. The molecule has 0 aliphatic carbocycles. The monoisotopic (exact) mass is 563 g/mol. The van der Waals surface area contributed by atoms with Crippen LogP contribution in [0.25, 0.3) is 10.4 Å². The van der Waals surface area contributed by atoms with E-state index in [1.54, 1.807) is 4.90 Å². The molecule has 38 heavy (non-hydrogen) atoms. The zero-order chi connectivity index (χ0) is 28.0. The molecule has 2 fully saturated rings. The lowest BCUT2D eigenvalue weighted by atomic mass is 10.1. The van der Waals surface area contributed by atoms with Gasteiger partial charge in [-0.15, -0.1) is 11.3 Å². The highest BCUT2D eigenvalue weighted by molar-refractivity contribution is 7.17. The number of likely N-dealkylation sites (tertiary alicyclic amines) is 1. The van der Waals surface area contributed by atoms with Gasteiger partial charge in [-0.25, -0.2) is 18.7 Å². The summed E-state index contributed by atoms with van der Waals surface area (Å²) in [7, 11) is 0. The molecule has 0 saturated carbocycles. The molecule has 0 spiro atoms. The van der Waals surface area contributed by atoms with Crippen LogP contribution in [0.2, 0.25) is 0 Å². The summed E-state index contributed by atoms with van der Waals surface area (Å²) in [4.78, 5) is 35.9. The summed E-state index contributed by atoms with van der Waals surface area (Å²) in [5.41, 5.74) is -0.960. The Bertz CT molecular complexity index is 1120. The zero-order valence-electron chi connectivity index (χ0n) is 21.2. The summed E-state index contributed by atoms with van der Waals surface area (Å²) in [6.45, 7) is 5.68. The van der Waals surface area contributed by atoms with E-state index in [-0.39, 0.29) is 33.2 Å². The van der Waals surface area contributed by atoms with Crippen LogP contribution in [0, 0.1) is 0 Å². The predicted octanol–water partition coefficient (Wildman–Crippen LogP) is 5.29. The number of ether oxygens (including phenoxy) is 1. The second-order valence-electron chi connectivity index (χ2n) is 8.65. The maximum absolute atomic E-state index is 14.0. The summed E-state index contributed by atoms with van der Waals surface area (Å²) >= 11 is 0.762. The molecular weight excluding hydrogens is 533 g/mol. The summed E-state index contributed by atoms with van der Waals surface area (Å²) in [6.07, 6.45) is -4.54. The first-order valence-electron chi connectivity index (χ1n) is 12.3. The Labute approximate surface area is 221 Å². The van der Waals surface area contributed by atoms with E-state index in [0.717, 1.165) is 36.4 Å². The summed E-state index contributed by atoms with van der Waals surface area (Å²) < 4.78 is 70.9. The Morgan fingerprint density at radius 1 is 1.26 bits per heavy atom. The highest BCUT2D eigenvalue weighted by atomic mass is 32.1. The number of carbonyl (C=O) groups excluding carboxylic acids is 2. The molecule has 8 nitrogen and oxygen atoms in total. The van der Waals surface area contributed by atoms with Crippen molar-refractivity contribution in [3.8, 4) is 10.4 Å². The third kappa shape index (κ3) is 7.16. The molecule has 2 N–H and O–H groups in total. The van der Waals surface area contributed by atoms with E-state index in [0.29, 0.717) is 26.2 Å². The van der Waals surface area contributed by atoms with E-state index in [1.807, 2.05) is 26.1 Å². The second-order valence-corrected chi connectivity index (χ2v) is 9.65. The summed E-state index contributed by atoms with van der Waals surface area (Å²) in [5.74, 6) is -1.47. The molecule has 2 aromatic rings. The van der Waals surface area contributed by atoms with Gasteiger partial charge in [-0.3, -0.25) is 9.59 Å². The van der Waals surface area contributed by atoms with Crippen LogP contribution < -0.4 is 10.6 Å². The summed E-state index contributed by atoms with van der Waals surface area (Å²) in [6, 6.07) is 0.481. The molecule has 2 atom stereocenters. The van der Waals surface area contributed by atoms with Gasteiger partial charge in [0.1, 0.15) is 18.1 Å². The molecule has 210 valence electrons. The van der Waals surface area contributed by atoms with Crippen molar-refractivity contribution in [3.05, 3.63) is 28.5 Å². The van der Waals surface area contributed by atoms with Gasteiger partial charge in [-0.2, -0.15) is 13.2 Å². The molecule has 4 heterocycles. The number of nitrogens with zero attached hydrogens (tertiary/aromatic N) is 3. The second kappa shape index (κ2) is 12.8. The fourth-order valence-electron chi connectivity index (χ4n) is 4.14. The van der Waals surface area contributed by atoms with Crippen molar-refractivity contribution in [3.63, 3.8) is 0 Å². The number of anilines is 1.